The number of aliphatic hydroxyl groups excluding tert-OH is 2. The van der Waals surface area contributed by atoms with Crippen molar-refractivity contribution in [2.24, 2.45) is 17.0 Å². The van der Waals surface area contributed by atoms with Gasteiger partial charge in [0, 0.05) is 18.8 Å². The molecule has 31 heavy (non-hydrogen) atoms. The Kier molecular flexibility index (Phi) is 10.9. The number of hydrogen-bond acceptors (Lipinski definition) is 5. The van der Waals surface area contributed by atoms with Crippen molar-refractivity contribution in [1.82, 2.24) is 0 Å². The summed E-state index contributed by atoms with van der Waals surface area (Å²) >= 11 is 0. The van der Waals surface area contributed by atoms with Gasteiger partial charge in [0.05, 0.1) is 17.9 Å². The van der Waals surface area contributed by atoms with Crippen molar-refractivity contribution in [3.63, 3.8) is 0 Å². The molecule has 2 unspecified atom stereocenters. The Morgan fingerprint density at radius 1 is 1.10 bits per heavy atom. The van der Waals surface area contributed by atoms with Crippen LogP contribution < -0.4 is 0 Å². The van der Waals surface area contributed by atoms with Gasteiger partial charge in [-0.25, -0.2) is 4.39 Å². The Hall–Kier alpha value is -1.99. The summed E-state index contributed by atoms with van der Waals surface area (Å²) in [6.07, 6.45) is 6.61. The highest BCUT2D eigenvalue weighted by Gasteiger charge is 2.39. The minimum absolute atomic E-state index is 0.00371. The number of benzene rings is 1. The molecule has 1 aliphatic rings. The molecule has 0 radical (unpaired) electrons. The van der Waals surface area contributed by atoms with Crippen LogP contribution in [0.3, 0.4) is 0 Å². The molecule has 0 aliphatic heterocycles. The fourth-order valence-corrected chi connectivity index (χ4v) is 4.68. The van der Waals surface area contributed by atoms with Crippen LogP contribution in [0, 0.1) is 17.7 Å². The third kappa shape index (κ3) is 8.57. The maximum absolute atomic E-state index is 13.7. The van der Waals surface area contributed by atoms with E-state index in [4.69, 9.17) is 5.11 Å². The molecule has 2 rings (SSSR count). The van der Waals surface area contributed by atoms with Crippen LogP contribution in [-0.4, -0.2) is 44.4 Å². The van der Waals surface area contributed by atoms with Gasteiger partial charge in [-0.1, -0.05) is 42.6 Å². The first-order valence-corrected chi connectivity index (χ1v) is 11.4. The van der Waals surface area contributed by atoms with E-state index in [1.54, 1.807) is 12.1 Å². The van der Waals surface area contributed by atoms with E-state index in [0.717, 1.165) is 25.7 Å². The number of carbonyl (C=O) groups is 1. The van der Waals surface area contributed by atoms with Crippen LogP contribution in [0.4, 0.5) is 4.39 Å². The van der Waals surface area contributed by atoms with Crippen LogP contribution in [0.2, 0.25) is 0 Å². The summed E-state index contributed by atoms with van der Waals surface area (Å²) in [6.45, 7) is 0. The number of aliphatic hydroxyl groups is 2. The first kappa shape index (κ1) is 25.3. The average molecular weight is 438 g/mol. The van der Waals surface area contributed by atoms with E-state index in [1.165, 1.54) is 6.07 Å². The van der Waals surface area contributed by atoms with Gasteiger partial charge in [0.2, 0.25) is 0 Å². The molecule has 4 N–H and O–H groups in total. The highest BCUT2D eigenvalue weighted by molar-refractivity contribution is 5.89. The number of aliphatic carboxylic acids is 1. The van der Waals surface area contributed by atoms with Crippen molar-refractivity contribution in [3.05, 3.63) is 35.6 Å². The van der Waals surface area contributed by atoms with E-state index in [2.05, 4.69) is 5.16 Å². The molecule has 0 bridgehead atoms. The topological polar surface area (TPSA) is 110 Å². The van der Waals surface area contributed by atoms with E-state index < -0.39 is 18.2 Å². The number of unbranched alkanes of at least 4 members (excludes halogenated alkanes) is 3. The Labute approximate surface area is 183 Å². The van der Waals surface area contributed by atoms with Crippen molar-refractivity contribution < 1.29 is 29.7 Å². The van der Waals surface area contributed by atoms with Crippen molar-refractivity contribution >= 4 is 11.7 Å². The SMILES string of the molecule is O=C(O)CCCCCCC1C(CC[C@@H](O)CCCc2ccccc2F)/C(=N\O)C[C@@H]1O. The summed E-state index contributed by atoms with van der Waals surface area (Å²) in [4.78, 5) is 10.6. The molecule has 1 aliphatic carbocycles. The maximum atomic E-state index is 13.7. The molecule has 1 aromatic carbocycles. The largest absolute Gasteiger partial charge is 0.481 e. The Morgan fingerprint density at radius 3 is 2.55 bits per heavy atom. The monoisotopic (exact) mass is 437 g/mol. The fraction of sp³-hybridized carbons (Fsp3) is 0.667. The van der Waals surface area contributed by atoms with Crippen molar-refractivity contribution in [3.8, 4) is 0 Å². The number of carboxylic acid groups (broad SMARTS) is 1. The fourth-order valence-electron chi connectivity index (χ4n) is 4.68. The van der Waals surface area contributed by atoms with Gasteiger partial charge in [-0.2, -0.15) is 0 Å². The molecule has 0 amide bonds. The van der Waals surface area contributed by atoms with E-state index in [0.29, 0.717) is 56.2 Å². The minimum atomic E-state index is -0.775. The van der Waals surface area contributed by atoms with E-state index in [1.807, 2.05) is 6.07 Å². The van der Waals surface area contributed by atoms with Gasteiger partial charge < -0.3 is 20.5 Å². The first-order valence-electron chi connectivity index (χ1n) is 11.4. The lowest BCUT2D eigenvalue weighted by Crippen LogP contribution is -2.22. The van der Waals surface area contributed by atoms with E-state index in [-0.39, 0.29) is 24.1 Å². The zero-order chi connectivity index (χ0) is 22.6. The molecule has 174 valence electrons. The van der Waals surface area contributed by atoms with Gasteiger partial charge in [0.15, 0.2) is 0 Å². The maximum Gasteiger partial charge on any atom is 0.303 e. The molecule has 0 saturated heterocycles. The van der Waals surface area contributed by atoms with E-state index in [9.17, 15) is 24.6 Å². The number of nitrogens with zero attached hydrogens (tertiary/aromatic N) is 1. The lowest BCUT2D eigenvalue weighted by Gasteiger charge is -2.23. The molecule has 1 aromatic rings. The lowest BCUT2D eigenvalue weighted by atomic mass is 9.84. The zero-order valence-corrected chi connectivity index (χ0v) is 18.1. The zero-order valence-electron chi connectivity index (χ0n) is 18.1. The molecule has 1 fully saturated rings. The molecular formula is C24H36FNO5. The van der Waals surface area contributed by atoms with Crippen molar-refractivity contribution in [2.75, 3.05) is 0 Å². The van der Waals surface area contributed by atoms with Crippen LogP contribution in [0.1, 0.15) is 76.2 Å². The molecule has 4 atom stereocenters. The highest BCUT2D eigenvalue weighted by atomic mass is 19.1. The molecule has 7 heteroatoms. The number of oxime groups is 1. The molecular weight excluding hydrogens is 401 g/mol. The second-order valence-corrected chi connectivity index (χ2v) is 8.69. The average Bonchev–Trinajstić information content (AvgIpc) is 3.04. The normalized spacial score (nSPS) is 23.3. The Morgan fingerprint density at radius 2 is 1.84 bits per heavy atom. The van der Waals surface area contributed by atoms with Crippen LogP contribution >= 0.6 is 0 Å². The third-order valence-corrected chi connectivity index (χ3v) is 6.42. The predicted molar refractivity (Wildman–Crippen MR) is 117 cm³/mol. The van der Waals surface area contributed by atoms with Crippen LogP contribution in [0.25, 0.3) is 0 Å². The van der Waals surface area contributed by atoms with Gasteiger partial charge in [-0.3, -0.25) is 4.79 Å². The molecule has 1 saturated carbocycles. The van der Waals surface area contributed by atoms with Gasteiger partial charge in [0.1, 0.15) is 5.82 Å². The lowest BCUT2D eigenvalue weighted by molar-refractivity contribution is -0.137. The number of hydrogen-bond donors (Lipinski definition) is 4. The Bertz CT molecular complexity index is 711. The smallest absolute Gasteiger partial charge is 0.303 e. The van der Waals surface area contributed by atoms with Crippen molar-refractivity contribution in [2.45, 2.75) is 89.3 Å². The number of halogens is 1. The van der Waals surface area contributed by atoms with Gasteiger partial charge in [0.25, 0.3) is 0 Å². The molecule has 6 nitrogen and oxygen atoms in total. The second kappa shape index (κ2) is 13.4. The summed E-state index contributed by atoms with van der Waals surface area (Å²) in [7, 11) is 0. The van der Waals surface area contributed by atoms with Gasteiger partial charge in [-0.15, -0.1) is 0 Å². The summed E-state index contributed by atoms with van der Waals surface area (Å²) in [5.41, 5.74) is 1.26. The van der Waals surface area contributed by atoms with Gasteiger partial charge in [-0.05, 0) is 62.5 Å². The highest BCUT2D eigenvalue weighted by Crippen LogP contribution is 2.37. The quantitative estimate of drug-likeness (QED) is 0.194. The molecule has 0 spiro atoms. The van der Waals surface area contributed by atoms with Crippen LogP contribution in [0.15, 0.2) is 29.4 Å². The number of aryl methyl sites for hydroxylation is 1. The molecule has 0 heterocycles. The minimum Gasteiger partial charge on any atom is -0.481 e. The summed E-state index contributed by atoms with van der Waals surface area (Å²) in [5, 5.41) is 42.2. The standard InChI is InChI=1S/C24H36FNO5/c25-21-12-6-5-8-17(21)9-7-10-18(27)14-15-19-20(23(28)16-22(19)26-31)11-3-1-2-4-13-24(29)30/h5-6,8,12,18-20,23,27-28,31H,1-4,7,9-11,13-16H2,(H,29,30)/b26-22-/t18-,19?,20?,23-/m0/s1. The number of carboxylic acids is 1. The second-order valence-electron chi connectivity index (χ2n) is 8.69. The van der Waals surface area contributed by atoms with Crippen LogP contribution in [0.5, 0.6) is 0 Å². The predicted octanol–water partition coefficient (Wildman–Crippen LogP) is 4.54. The third-order valence-electron chi connectivity index (χ3n) is 6.42. The summed E-state index contributed by atoms with van der Waals surface area (Å²) in [5.74, 6) is -1.05. The molecule has 0 aromatic heterocycles. The van der Waals surface area contributed by atoms with Gasteiger partial charge >= 0.3 is 5.97 Å². The van der Waals surface area contributed by atoms with E-state index >= 15 is 0 Å². The number of rotatable bonds is 14. The Balaban J connectivity index is 1.74. The summed E-state index contributed by atoms with van der Waals surface area (Å²) in [6, 6.07) is 6.68. The van der Waals surface area contributed by atoms with Crippen molar-refractivity contribution in [1.29, 1.82) is 0 Å². The van der Waals surface area contributed by atoms with Crippen LogP contribution in [-0.2, 0) is 11.2 Å². The first-order chi connectivity index (χ1) is 14.9. The summed E-state index contributed by atoms with van der Waals surface area (Å²) < 4.78 is 13.7.